The van der Waals surface area contributed by atoms with Gasteiger partial charge in [-0.15, -0.1) is 15.3 Å². The molecule has 0 aliphatic carbocycles. The van der Waals surface area contributed by atoms with Crippen molar-refractivity contribution in [1.82, 2.24) is 25.0 Å². The lowest BCUT2D eigenvalue weighted by Crippen LogP contribution is -2.13. The molecule has 19 heavy (non-hydrogen) atoms. The highest BCUT2D eigenvalue weighted by Crippen LogP contribution is 2.23. The Morgan fingerprint density at radius 1 is 1.16 bits per heavy atom. The fourth-order valence-corrected chi connectivity index (χ4v) is 2.09. The number of fused-ring (bicyclic) bond motifs is 1. The maximum atomic E-state index is 4.17. The molecule has 2 heterocycles. The second-order valence-corrected chi connectivity index (χ2v) is 4.45. The van der Waals surface area contributed by atoms with Crippen LogP contribution in [-0.2, 0) is 7.05 Å². The zero-order valence-corrected chi connectivity index (χ0v) is 10.8. The summed E-state index contributed by atoms with van der Waals surface area (Å²) in [5.41, 5.74) is 0. The Morgan fingerprint density at radius 2 is 2.00 bits per heavy atom. The molecule has 0 saturated heterocycles. The first kappa shape index (κ1) is 11.6. The van der Waals surface area contributed by atoms with Gasteiger partial charge in [0.25, 0.3) is 0 Å². The van der Waals surface area contributed by atoms with Gasteiger partial charge < -0.3 is 9.88 Å². The molecule has 1 aromatic carbocycles. The molecule has 0 aliphatic heterocycles. The Morgan fingerprint density at radius 3 is 2.79 bits per heavy atom. The normalized spacial score (nSPS) is 12.5. The second-order valence-electron chi connectivity index (χ2n) is 4.45. The third kappa shape index (κ3) is 2.12. The molecule has 1 unspecified atom stereocenters. The predicted molar refractivity (Wildman–Crippen MR) is 72.6 cm³/mol. The van der Waals surface area contributed by atoms with Crippen molar-refractivity contribution in [3.8, 4) is 0 Å². The van der Waals surface area contributed by atoms with Crippen molar-refractivity contribution in [2.24, 2.45) is 7.05 Å². The van der Waals surface area contributed by atoms with Gasteiger partial charge in [0.15, 0.2) is 11.6 Å². The van der Waals surface area contributed by atoms with E-state index in [0.29, 0.717) is 0 Å². The maximum Gasteiger partial charge on any atom is 0.157 e. The summed E-state index contributed by atoms with van der Waals surface area (Å²) < 4.78 is 1.89. The van der Waals surface area contributed by atoms with Crippen molar-refractivity contribution in [2.45, 2.75) is 13.0 Å². The lowest BCUT2D eigenvalue weighted by atomic mass is 10.2. The molecule has 6 nitrogen and oxygen atoms in total. The van der Waals surface area contributed by atoms with Gasteiger partial charge in [0.2, 0.25) is 0 Å². The molecule has 0 saturated carbocycles. The van der Waals surface area contributed by atoms with Gasteiger partial charge in [-0.25, -0.2) is 0 Å². The van der Waals surface area contributed by atoms with E-state index in [1.165, 1.54) is 0 Å². The first-order valence-electron chi connectivity index (χ1n) is 6.06. The number of nitrogens with one attached hydrogen (secondary N) is 1. The highest BCUT2D eigenvalue weighted by molar-refractivity contribution is 5.90. The van der Waals surface area contributed by atoms with Crippen LogP contribution in [0, 0.1) is 0 Å². The number of benzene rings is 1. The van der Waals surface area contributed by atoms with Crippen molar-refractivity contribution in [3.63, 3.8) is 0 Å². The Labute approximate surface area is 110 Å². The molecule has 1 atom stereocenters. The third-order valence-electron chi connectivity index (χ3n) is 3.06. The molecular formula is C13H14N6. The Balaban J connectivity index is 1.96. The van der Waals surface area contributed by atoms with E-state index in [2.05, 4.69) is 25.7 Å². The SMILES string of the molecule is CC(Nc1nncc2ccccc12)c1nncn1C. The van der Waals surface area contributed by atoms with Crippen LogP contribution in [0.4, 0.5) is 5.82 Å². The number of rotatable bonds is 3. The average Bonchev–Trinajstić information content (AvgIpc) is 2.85. The highest BCUT2D eigenvalue weighted by atomic mass is 15.3. The fourth-order valence-electron chi connectivity index (χ4n) is 2.09. The predicted octanol–water partition coefficient (Wildman–Crippen LogP) is 1.93. The molecule has 3 aromatic rings. The summed E-state index contributed by atoms with van der Waals surface area (Å²) in [6.45, 7) is 2.02. The van der Waals surface area contributed by atoms with Gasteiger partial charge in [0, 0.05) is 17.8 Å². The lowest BCUT2D eigenvalue weighted by molar-refractivity contribution is 0.715. The van der Waals surface area contributed by atoms with Crippen molar-refractivity contribution in [1.29, 1.82) is 0 Å². The van der Waals surface area contributed by atoms with Crippen LogP contribution in [0.1, 0.15) is 18.8 Å². The van der Waals surface area contributed by atoms with Gasteiger partial charge in [-0.2, -0.15) is 5.10 Å². The second kappa shape index (κ2) is 4.64. The summed E-state index contributed by atoms with van der Waals surface area (Å²) in [4.78, 5) is 0. The van der Waals surface area contributed by atoms with Gasteiger partial charge >= 0.3 is 0 Å². The Bertz CT molecular complexity index is 700. The molecule has 2 aromatic heterocycles. The van der Waals surface area contributed by atoms with Crippen LogP contribution in [0.2, 0.25) is 0 Å². The maximum absolute atomic E-state index is 4.17. The van der Waals surface area contributed by atoms with E-state index in [1.54, 1.807) is 12.5 Å². The van der Waals surface area contributed by atoms with E-state index in [0.717, 1.165) is 22.4 Å². The van der Waals surface area contributed by atoms with Crippen LogP contribution in [0.15, 0.2) is 36.8 Å². The number of hydrogen-bond acceptors (Lipinski definition) is 5. The summed E-state index contributed by atoms with van der Waals surface area (Å²) in [5.74, 6) is 1.61. The van der Waals surface area contributed by atoms with Crippen molar-refractivity contribution < 1.29 is 0 Å². The molecule has 0 fully saturated rings. The van der Waals surface area contributed by atoms with E-state index < -0.39 is 0 Å². The van der Waals surface area contributed by atoms with Crippen LogP contribution in [0.3, 0.4) is 0 Å². The number of anilines is 1. The number of hydrogen-bond donors (Lipinski definition) is 1. The number of aromatic nitrogens is 5. The summed E-state index contributed by atoms with van der Waals surface area (Å²) >= 11 is 0. The Kier molecular flexibility index (Phi) is 2.83. The summed E-state index contributed by atoms with van der Waals surface area (Å²) in [5, 5.41) is 21.6. The van der Waals surface area contributed by atoms with Gasteiger partial charge in [-0.1, -0.05) is 24.3 Å². The van der Waals surface area contributed by atoms with Crippen LogP contribution in [0.5, 0.6) is 0 Å². The highest BCUT2D eigenvalue weighted by Gasteiger charge is 2.13. The minimum absolute atomic E-state index is 0.00704. The molecule has 0 spiro atoms. The van der Waals surface area contributed by atoms with Gasteiger partial charge in [0.05, 0.1) is 12.2 Å². The molecule has 0 amide bonds. The lowest BCUT2D eigenvalue weighted by Gasteiger charge is -2.14. The minimum Gasteiger partial charge on any atom is -0.358 e. The molecule has 1 N–H and O–H groups in total. The molecule has 6 heteroatoms. The Hall–Kier alpha value is -2.50. The first-order valence-corrected chi connectivity index (χ1v) is 6.06. The average molecular weight is 254 g/mol. The van der Waals surface area contributed by atoms with E-state index in [-0.39, 0.29) is 6.04 Å². The summed E-state index contributed by atoms with van der Waals surface area (Å²) in [7, 11) is 1.92. The molecule has 0 aliphatic rings. The molecule has 0 radical (unpaired) electrons. The topological polar surface area (TPSA) is 68.5 Å². The number of aryl methyl sites for hydroxylation is 1. The molecular weight excluding hydrogens is 240 g/mol. The smallest absolute Gasteiger partial charge is 0.157 e. The van der Waals surface area contributed by atoms with E-state index in [1.807, 2.05) is 42.8 Å². The first-order chi connectivity index (χ1) is 9.25. The van der Waals surface area contributed by atoms with Crippen LogP contribution in [-0.4, -0.2) is 25.0 Å². The van der Waals surface area contributed by atoms with Crippen molar-refractivity contribution in [3.05, 3.63) is 42.6 Å². The van der Waals surface area contributed by atoms with E-state index in [4.69, 9.17) is 0 Å². The van der Waals surface area contributed by atoms with Crippen molar-refractivity contribution >= 4 is 16.6 Å². The zero-order chi connectivity index (χ0) is 13.2. The monoisotopic (exact) mass is 254 g/mol. The number of nitrogens with zero attached hydrogens (tertiary/aromatic N) is 5. The standard InChI is InChI=1S/C13H14N6/c1-9(13-18-15-8-19(13)2)16-12-11-6-4-3-5-10(11)7-14-17-12/h3-9H,1-2H3,(H,16,17). The van der Waals surface area contributed by atoms with Gasteiger partial charge in [-0.05, 0) is 6.92 Å². The quantitative estimate of drug-likeness (QED) is 0.773. The van der Waals surface area contributed by atoms with Crippen molar-refractivity contribution in [2.75, 3.05) is 5.32 Å². The van der Waals surface area contributed by atoms with E-state index in [9.17, 15) is 0 Å². The van der Waals surface area contributed by atoms with Crippen LogP contribution in [0.25, 0.3) is 10.8 Å². The third-order valence-corrected chi connectivity index (χ3v) is 3.06. The minimum atomic E-state index is 0.00704. The van der Waals surface area contributed by atoms with Gasteiger partial charge in [0.1, 0.15) is 6.33 Å². The largest absolute Gasteiger partial charge is 0.358 e. The summed E-state index contributed by atoms with van der Waals surface area (Å²) in [6, 6.07) is 8.02. The van der Waals surface area contributed by atoms with Crippen LogP contribution < -0.4 is 5.32 Å². The molecule has 0 bridgehead atoms. The van der Waals surface area contributed by atoms with Crippen LogP contribution >= 0.6 is 0 Å². The van der Waals surface area contributed by atoms with Gasteiger partial charge in [-0.3, -0.25) is 0 Å². The van der Waals surface area contributed by atoms with E-state index >= 15 is 0 Å². The zero-order valence-electron chi connectivity index (χ0n) is 10.8. The fraction of sp³-hybridized carbons (Fsp3) is 0.231. The summed E-state index contributed by atoms with van der Waals surface area (Å²) in [6.07, 6.45) is 3.44. The molecule has 3 rings (SSSR count). The molecule has 96 valence electrons.